The molecule has 2 N–H and O–H groups in total. The quantitative estimate of drug-likeness (QED) is 0.142. The standard InChI is InChI=1S/C42H60N2O6/c1-28(2)23-34(43-39(48)32(27-37(46)50-41(5,6)7)20-19-30-15-11-9-12-16-30)36(45)26-33(25-31-17-13-10-14-18-31)40(49)44-35(24-29(3)4)38(47)42(8)21-22-42/h9-18,28-29,32-35H,19-27H2,1-8H3,(H,43,48)(H,44,49)/t32-,33-,34+,35+/m1/s1. The van der Waals surface area contributed by atoms with Crippen LogP contribution in [0.15, 0.2) is 60.7 Å². The predicted octanol–water partition coefficient (Wildman–Crippen LogP) is 7.22. The third kappa shape index (κ3) is 13.8. The van der Waals surface area contributed by atoms with Crippen molar-refractivity contribution >= 4 is 29.4 Å². The number of Topliss-reactive ketones (excluding diaryl/α,β-unsaturated/α-hetero) is 2. The maximum Gasteiger partial charge on any atom is 0.307 e. The van der Waals surface area contributed by atoms with Gasteiger partial charge in [-0.2, -0.15) is 0 Å². The summed E-state index contributed by atoms with van der Waals surface area (Å²) in [6.45, 7) is 15.3. The minimum Gasteiger partial charge on any atom is -0.460 e. The van der Waals surface area contributed by atoms with Crippen molar-refractivity contribution in [2.24, 2.45) is 29.1 Å². The molecule has 0 heterocycles. The van der Waals surface area contributed by atoms with Crippen LogP contribution in [0.25, 0.3) is 0 Å². The predicted molar refractivity (Wildman–Crippen MR) is 197 cm³/mol. The second kappa shape index (κ2) is 18.4. The molecule has 1 saturated carbocycles. The number of amides is 2. The monoisotopic (exact) mass is 688 g/mol. The van der Waals surface area contributed by atoms with Gasteiger partial charge in [0.05, 0.1) is 18.5 Å². The molecule has 4 atom stereocenters. The average Bonchev–Trinajstić information content (AvgIpc) is 3.79. The molecule has 50 heavy (non-hydrogen) atoms. The summed E-state index contributed by atoms with van der Waals surface area (Å²) < 4.78 is 5.57. The second-order valence-corrected chi connectivity index (χ2v) is 16.4. The first-order chi connectivity index (χ1) is 23.5. The molecular formula is C42H60N2O6. The first-order valence-electron chi connectivity index (χ1n) is 18.4. The minimum atomic E-state index is -0.843. The number of carbonyl (C=O) groups excluding carboxylic acids is 5. The number of ketones is 2. The van der Waals surface area contributed by atoms with Gasteiger partial charge in [0, 0.05) is 23.7 Å². The van der Waals surface area contributed by atoms with E-state index in [1.54, 1.807) is 20.8 Å². The zero-order chi connectivity index (χ0) is 37.1. The van der Waals surface area contributed by atoms with Gasteiger partial charge in [-0.25, -0.2) is 0 Å². The second-order valence-electron chi connectivity index (χ2n) is 16.4. The van der Waals surface area contributed by atoms with Crippen LogP contribution in [-0.4, -0.2) is 47.0 Å². The summed E-state index contributed by atoms with van der Waals surface area (Å²) in [5.41, 5.74) is 0.853. The molecule has 0 spiro atoms. The molecule has 0 radical (unpaired) electrons. The molecule has 1 aliphatic rings. The van der Waals surface area contributed by atoms with E-state index in [9.17, 15) is 24.0 Å². The number of hydrogen-bond acceptors (Lipinski definition) is 6. The zero-order valence-corrected chi connectivity index (χ0v) is 31.6. The number of hydrogen-bond donors (Lipinski definition) is 2. The Morgan fingerprint density at radius 1 is 0.720 bits per heavy atom. The van der Waals surface area contributed by atoms with Crippen LogP contribution in [0.2, 0.25) is 0 Å². The third-order valence-electron chi connectivity index (χ3n) is 9.32. The van der Waals surface area contributed by atoms with Crippen LogP contribution in [0.5, 0.6) is 0 Å². The van der Waals surface area contributed by atoms with Crippen LogP contribution in [0.4, 0.5) is 0 Å². The fourth-order valence-electron chi connectivity index (χ4n) is 6.32. The van der Waals surface area contributed by atoms with Crippen LogP contribution in [0.1, 0.15) is 111 Å². The number of esters is 1. The summed E-state index contributed by atoms with van der Waals surface area (Å²) in [5, 5.41) is 6.04. The largest absolute Gasteiger partial charge is 0.460 e. The van der Waals surface area contributed by atoms with Crippen molar-refractivity contribution in [1.29, 1.82) is 0 Å². The summed E-state index contributed by atoms with van der Waals surface area (Å²) in [6.07, 6.45) is 3.65. The van der Waals surface area contributed by atoms with Gasteiger partial charge in [-0.1, -0.05) is 95.3 Å². The number of nitrogens with one attached hydrogen (secondary N) is 2. The van der Waals surface area contributed by atoms with Gasteiger partial charge in [0.1, 0.15) is 5.60 Å². The molecule has 8 nitrogen and oxygen atoms in total. The van der Waals surface area contributed by atoms with E-state index in [4.69, 9.17) is 4.74 Å². The summed E-state index contributed by atoms with van der Waals surface area (Å²) in [5.74, 6) is -2.54. The Labute approximate surface area is 299 Å². The lowest BCUT2D eigenvalue weighted by molar-refractivity contribution is -0.157. The van der Waals surface area contributed by atoms with E-state index in [1.165, 1.54) is 0 Å². The van der Waals surface area contributed by atoms with Crippen LogP contribution in [0.3, 0.4) is 0 Å². The van der Waals surface area contributed by atoms with Crippen molar-refractivity contribution in [1.82, 2.24) is 10.6 Å². The molecule has 0 bridgehead atoms. The summed E-state index contributed by atoms with van der Waals surface area (Å²) >= 11 is 0. The lowest BCUT2D eigenvalue weighted by Crippen LogP contribution is -2.49. The molecule has 2 amide bonds. The van der Waals surface area contributed by atoms with E-state index in [1.807, 2.05) is 95.3 Å². The fourth-order valence-corrected chi connectivity index (χ4v) is 6.32. The van der Waals surface area contributed by atoms with Gasteiger partial charge in [-0.15, -0.1) is 0 Å². The number of ether oxygens (including phenoxy) is 1. The van der Waals surface area contributed by atoms with Gasteiger partial charge in [-0.3, -0.25) is 24.0 Å². The van der Waals surface area contributed by atoms with Crippen molar-refractivity contribution in [3.63, 3.8) is 0 Å². The lowest BCUT2D eigenvalue weighted by atomic mass is 9.87. The Kier molecular flexibility index (Phi) is 15.0. The van der Waals surface area contributed by atoms with E-state index < -0.39 is 40.9 Å². The van der Waals surface area contributed by atoms with Crippen LogP contribution >= 0.6 is 0 Å². The van der Waals surface area contributed by atoms with Crippen molar-refractivity contribution in [3.8, 4) is 0 Å². The molecule has 3 rings (SSSR count). The molecule has 0 aromatic heterocycles. The van der Waals surface area contributed by atoms with Crippen molar-refractivity contribution in [3.05, 3.63) is 71.8 Å². The van der Waals surface area contributed by atoms with Crippen molar-refractivity contribution in [2.75, 3.05) is 0 Å². The Hall–Kier alpha value is -3.81. The van der Waals surface area contributed by atoms with Crippen molar-refractivity contribution in [2.45, 2.75) is 131 Å². The fraction of sp³-hybridized carbons (Fsp3) is 0.595. The highest BCUT2D eigenvalue weighted by Gasteiger charge is 2.48. The van der Waals surface area contributed by atoms with E-state index >= 15 is 0 Å². The SMILES string of the molecule is CC(C)C[C@H](NC(=O)[C@H](CCc1ccccc1)CC(=O)OC(C)(C)C)C(=O)C[C@@H](Cc1ccccc1)C(=O)N[C@@H](CC(C)C)C(=O)C1(C)CC1. The van der Waals surface area contributed by atoms with Gasteiger partial charge < -0.3 is 15.4 Å². The maximum atomic E-state index is 14.1. The third-order valence-corrected chi connectivity index (χ3v) is 9.32. The Morgan fingerprint density at radius 2 is 1.22 bits per heavy atom. The number of carbonyl (C=O) groups is 5. The summed E-state index contributed by atoms with van der Waals surface area (Å²) in [4.78, 5) is 68.4. The molecule has 1 aliphatic carbocycles. The molecule has 0 saturated heterocycles. The molecule has 0 unspecified atom stereocenters. The van der Waals surface area contributed by atoms with Crippen LogP contribution < -0.4 is 10.6 Å². The highest BCUT2D eigenvalue weighted by molar-refractivity contribution is 5.97. The van der Waals surface area contributed by atoms with Gasteiger partial charge in [-0.05, 0) is 88.7 Å². The molecular weight excluding hydrogens is 628 g/mol. The molecule has 274 valence electrons. The van der Waals surface area contributed by atoms with Gasteiger partial charge >= 0.3 is 5.97 Å². The first kappa shape index (κ1) is 40.6. The number of rotatable bonds is 20. The van der Waals surface area contributed by atoms with Crippen LogP contribution in [-0.2, 0) is 41.6 Å². The Bertz CT molecular complexity index is 1430. The lowest BCUT2D eigenvalue weighted by Gasteiger charge is -2.27. The first-order valence-corrected chi connectivity index (χ1v) is 18.4. The molecule has 0 aliphatic heterocycles. The normalized spacial score (nSPS) is 16.2. The molecule has 1 fully saturated rings. The Balaban J connectivity index is 1.83. The molecule has 2 aromatic rings. The number of benzene rings is 2. The van der Waals surface area contributed by atoms with Crippen LogP contribution in [0, 0.1) is 29.1 Å². The zero-order valence-electron chi connectivity index (χ0n) is 31.6. The average molecular weight is 689 g/mol. The van der Waals surface area contributed by atoms with Gasteiger partial charge in [0.25, 0.3) is 0 Å². The summed E-state index contributed by atoms with van der Waals surface area (Å²) in [6, 6.07) is 17.8. The van der Waals surface area contributed by atoms with E-state index in [0.29, 0.717) is 32.1 Å². The van der Waals surface area contributed by atoms with Crippen molar-refractivity contribution < 1.29 is 28.7 Å². The Morgan fingerprint density at radius 3 is 1.74 bits per heavy atom. The molecule has 2 aromatic carbocycles. The smallest absolute Gasteiger partial charge is 0.307 e. The highest BCUT2D eigenvalue weighted by atomic mass is 16.6. The van der Waals surface area contributed by atoms with Gasteiger partial charge in [0.2, 0.25) is 11.8 Å². The number of aryl methyl sites for hydroxylation is 1. The topological polar surface area (TPSA) is 119 Å². The van der Waals surface area contributed by atoms with Gasteiger partial charge in [0.15, 0.2) is 11.6 Å². The molecule has 8 heteroatoms. The minimum absolute atomic E-state index is 0.0563. The highest BCUT2D eigenvalue weighted by Crippen LogP contribution is 2.47. The van der Waals surface area contributed by atoms with E-state index in [2.05, 4.69) is 10.6 Å². The summed E-state index contributed by atoms with van der Waals surface area (Å²) in [7, 11) is 0. The van der Waals surface area contributed by atoms with E-state index in [0.717, 1.165) is 24.0 Å². The maximum absolute atomic E-state index is 14.1. The van der Waals surface area contributed by atoms with E-state index in [-0.39, 0.29) is 48.1 Å².